The summed E-state index contributed by atoms with van der Waals surface area (Å²) in [5, 5.41) is 3.29. The van der Waals surface area contributed by atoms with Crippen LogP contribution < -0.4 is 5.32 Å². The minimum absolute atomic E-state index is 0.157. The van der Waals surface area contributed by atoms with Crippen molar-refractivity contribution < 1.29 is 9.53 Å². The summed E-state index contributed by atoms with van der Waals surface area (Å²) in [4.78, 5) is 10.7. The van der Waals surface area contributed by atoms with Crippen molar-refractivity contribution in [2.75, 3.05) is 19.0 Å². The Morgan fingerprint density at radius 2 is 2.00 bits per heavy atom. The molecule has 0 saturated carbocycles. The van der Waals surface area contributed by atoms with Gasteiger partial charge in [-0.3, -0.25) is 4.79 Å². The minimum atomic E-state index is 0.157. The number of ether oxygens (including phenoxy) is 1. The van der Waals surface area contributed by atoms with Gasteiger partial charge in [-0.15, -0.1) is 0 Å². The first-order valence-electron chi connectivity index (χ1n) is 7.44. The third-order valence-corrected chi connectivity index (χ3v) is 3.87. The fraction of sp³-hybridized carbons (Fsp3) is 0.211. The Hall–Kier alpha value is -2.39. The number of aldehydes is 1. The van der Waals surface area contributed by atoms with E-state index in [0.29, 0.717) is 0 Å². The van der Waals surface area contributed by atoms with Gasteiger partial charge in [-0.2, -0.15) is 0 Å². The minimum Gasteiger partial charge on any atom is -0.387 e. The van der Waals surface area contributed by atoms with Gasteiger partial charge in [0.05, 0.1) is 6.61 Å². The first-order chi connectivity index (χ1) is 10.8. The summed E-state index contributed by atoms with van der Waals surface area (Å²) in [7, 11) is 1.92. The Kier molecular flexibility index (Phi) is 4.35. The van der Waals surface area contributed by atoms with Gasteiger partial charge in [0, 0.05) is 18.3 Å². The predicted octanol–water partition coefficient (Wildman–Crippen LogP) is 3.60. The van der Waals surface area contributed by atoms with E-state index >= 15 is 0 Å². The molecule has 1 heterocycles. The van der Waals surface area contributed by atoms with Crippen LogP contribution in [0.15, 0.2) is 48.5 Å². The van der Waals surface area contributed by atoms with Crippen molar-refractivity contribution in [1.29, 1.82) is 0 Å². The Labute approximate surface area is 130 Å². The summed E-state index contributed by atoms with van der Waals surface area (Å²) >= 11 is 0. The smallest absolute Gasteiger partial charge is 0.142 e. The van der Waals surface area contributed by atoms with Gasteiger partial charge < -0.3 is 10.1 Å². The highest BCUT2D eigenvalue weighted by Crippen LogP contribution is 2.38. The second kappa shape index (κ2) is 6.58. The van der Waals surface area contributed by atoms with Gasteiger partial charge in [0.15, 0.2) is 0 Å². The van der Waals surface area contributed by atoms with Gasteiger partial charge in [-0.25, -0.2) is 0 Å². The zero-order valence-electron chi connectivity index (χ0n) is 12.6. The molecule has 2 aromatic carbocycles. The van der Waals surface area contributed by atoms with Crippen molar-refractivity contribution in [2.45, 2.75) is 12.5 Å². The fourth-order valence-corrected chi connectivity index (χ4v) is 2.76. The van der Waals surface area contributed by atoms with Gasteiger partial charge in [-0.1, -0.05) is 42.5 Å². The van der Waals surface area contributed by atoms with E-state index in [1.54, 1.807) is 0 Å². The SMILES string of the molecule is CNc1c(Cc2ccccc2)ccc(C2CO2)c1/C=C\C=O. The highest BCUT2D eigenvalue weighted by atomic mass is 16.6. The molecule has 1 atom stereocenters. The highest BCUT2D eigenvalue weighted by Gasteiger charge is 2.28. The number of allylic oxidation sites excluding steroid dienone is 1. The van der Waals surface area contributed by atoms with Crippen LogP contribution in [0.3, 0.4) is 0 Å². The van der Waals surface area contributed by atoms with Crippen LogP contribution >= 0.6 is 0 Å². The molecule has 3 heteroatoms. The maximum atomic E-state index is 10.7. The summed E-state index contributed by atoms with van der Waals surface area (Å²) in [5.74, 6) is 0. The molecule has 1 saturated heterocycles. The standard InChI is InChI=1S/C19H19NO2/c1-20-19-15(12-14-6-3-2-4-7-14)9-10-16(18-13-22-18)17(19)8-5-11-21/h2-11,18,20H,12-13H2,1H3/b8-5-. The first kappa shape index (κ1) is 14.5. The molecule has 0 bridgehead atoms. The maximum absolute atomic E-state index is 10.7. The zero-order valence-corrected chi connectivity index (χ0v) is 12.6. The average molecular weight is 293 g/mol. The number of hydrogen-bond donors (Lipinski definition) is 1. The number of carbonyl (C=O) groups is 1. The molecule has 22 heavy (non-hydrogen) atoms. The summed E-state index contributed by atoms with van der Waals surface area (Å²) < 4.78 is 5.42. The number of rotatable bonds is 6. The number of nitrogens with one attached hydrogen (secondary N) is 1. The molecule has 2 aromatic rings. The van der Waals surface area contributed by atoms with Crippen LogP contribution in [0.1, 0.15) is 28.4 Å². The topological polar surface area (TPSA) is 41.6 Å². The number of anilines is 1. The van der Waals surface area contributed by atoms with E-state index in [9.17, 15) is 4.79 Å². The van der Waals surface area contributed by atoms with E-state index in [0.717, 1.165) is 36.1 Å². The van der Waals surface area contributed by atoms with Crippen LogP contribution in [-0.2, 0) is 16.0 Å². The van der Waals surface area contributed by atoms with Gasteiger partial charge in [0.2, 0.25) is 0 Å². The quantitative estimate of drug-likeness (QED) is 0.502. The van der Waals surface area contributed by atoms with E-state index < -0.39 is 0 Å². The van der Waals surface area contributed by atoms with E-state index in [1.807, 2.05) is 31.3 Å². The molecule has 1 aliphatic rings. The zero-order chi connectivity index (χ0) is 15.4. The molecule has 1 unspecified atom stereocenters. The van der Waals surface area contributed by atoms with Crippen LogP contribution in [0, 0.1) is 0 Å². The lowest BCUT2D eigenvalue weighted by Gasteiger charge is -2.16. The molecule has 0 radical (unpaired) electrons. The summed E-state index contributed by atoms with van der Waals surface area (Å²) in [6.45, 7) is 0.753. The normalized spacial score (nSPS) is 16.7. The number of epoxide rings is 1. The molecule has 1 aliphatic heterocycles. The molecule has 1 N–H and O–H groups in total. The third-order valence-electron chi connectivity index (χ3n) is 3.87. The lowest BCUT2D eigenvalue weighted by molar-refractivity contribution is -0.104. The molecular weight excluding hydrogens is 274 g/mol. The monoisotopic (exact) mass is 293 g/mol. The average Bonchev–Trinajstić information content (AvgIpc) is 3.38. The van der Waals surface area contributed by atoms with Crippen molar-refractivity contribution in [3.63, 3.8) is 0 Å². The fourth-order valence-electron chi connectivity index (χ4n) is 2.76. The van der Waals surface area contributed by atoms with Crippen molar-refractivity contribution in [3.8, 4) is 0 Å². The third kappa shape index (κ3) is 3.10. The molecule has 0 spiro atoms. The molecule has 112 valence electrons. The van der Waals surface area contributed by atoms with Crippen LogP contribution in [0.4, 0.5) is 5.69 Å². The number of benzene rings is 2. The summed E-state index contributed by atoms with van der Waals surface area (Å²) in [5.41, 5.74) is 5.73. The Bertz CT molecular complexity index is 688. The Morgan fingerprint density at radius 1 is 1.23 bits per heavy atom. The van der Waals surface area contributed by atoms with Crippen LogP contribution in [0.25, 0.3) is 6.08 Å². The molecule has 1 fully saturated rings. The molecular formula is C19H19NO2. The van der Waals surface area contributed by atoms with Gasteiger partial charge in [-0.05, 0) is 35.3 Å². The predicted molar refractivity (Wildman–Crippen MR) is 89.0 cm³/mol. The van der Waals surface area contributed by atoms with Gasteiger partial charge in [0.25, 0.3) is 0 Å². The largest absolute Gasteiger partial charge is 0.387 e. The lowest BCUT2D eigenvalue weighted by Crippen LogP contribution is -2.02. The Balaban J connectivity index is 2.03. The van der Waals surface area contributed by atoms with Crippen molar-refractivity contribution in [3.05, 3.63) is 70.8 Å². The molecule has 0 aromatic heterocycles. The molecule has 3 rings (SSSR count). The maximum Gasteiger partial charge on any atom is 0.142 e. The molecule has 3 nitrogen and oxygen atoms in total. The Morgan fingerprint density at radius 3 is 2.64 bits per heavy atom. The van der Waals surface area contributed by atoms with Crippen LogP contribution in [0.5, 0.6) is 0 Å². The molecule has 0 amide bonds. The highest BCUT2D eigenvalue weighted by molar-refractivity contribution is 5.81. The van der Waals surface area contributed by atoms with Crippen molar-refractivity contribution in [1.82, 2.24) is 0 Å². The van der Waals surface area contributed by atoms with E-state index in [4.69, 9.17) is 4.74 Å². The number of hydrogen-bond acceptors (Lipinski definition) is 3. The number of carbonyl (C=O) groups excluding carboxylic acids is 1. The van der Waals surface area contributed by atoms with Crippen molar-refractivity contribution in [2.24, 2.45) is 0 Å². The van der Waals surface area contributed by atoms with Crippen LogP contribution in [0.2, 0.25) is 0 Å². The summed E-state index contributed by atoms with van der Waals surface area (Å²) in [6, 6.07) is 14.6. The van der Waals surface area contributed by atoms with E-state index in [2.05, 4.69) is 29.6 Å². The molecule has 0 aliphatic carbocycles. The second-order valence-electron chi connectivity index (χ2n) is 5.33. The van der Waals surface area contributed by atoms with E-state index in [-0.39, 0.29) is 6.10 Å². The lowest BCUT2D eigenvalue weighted by atomic mass is 9.94. The first-order valence-corrected chi connectivity index (χ1v) is 7.44. The van der Waals surface area contributed by atoms with Crippen LogP contribution in [-0.4, -0.2) is 19.9 Å². The summed E-state index contributed by atoms with van der Waals surface area (Å²) in [6.07, 6.45) is 5.22. The van der Waals surface area contributed by atoms with Crippen molar-refractivity contribution >= 4 is 18.0 Å². The van der Waals surface area contributed by atoms with Gasteiger partial charge in [0.1, 0.15) is 12.4 Å². The van der Waals surface area contributed by atoms with E-state index in [1.165, 1.54) is 17.2 Å². The van der Waals surface area contributed by atoms with Gasteiger partial charge >= 0.3 is 0 Å². The second-order valence-corrected chi connectivity index (χ2v) is 5.33.